The first kappa shape index (κ1) is 11.9. The molecule has 0 aromatic carbocycles. The Morgan fingerprint density at radius 3 is 3.00 bits per heavy atom. The van der Waals surface area contributed by atoms with Gasteiger partial charge in [-0.25, -0.2) is 0 Å². The van der Waals surface area contributed by atoms with E-state index in [1.54, 1.807) is 6.20 Å². The molecule has 0 saturated carbocycles. The van der Waals surface area contributed by atoms with E-state index in [-0.39, 0.29) is 0 Å². The zero-order valence-corrected chi connectivity index (χ0v) is 11.1. The Balaban J connectivity index is 1.98. The molecular formula is C16H17N3. The zero-order chi connectivity index (χ0) is 13.1. The number of hydrogen-bond donors (Lipinski definition) is 0. The summed E-state index contributed by atoms with van der Waals surface area (Å²) in [5.41, 5.74) is 4.76. The van der Waals surface area contributed by atoms with Gasteiger partial charge in [0.2, 0.25) is 0 Å². The Hall–Kier alpha value is -2.16. The molecule has 2 aromatic heterocycles. The number of rotatable bonds is 2. The van der Waals surface area contributed by atoms with Crippen LogP contribution in [0.1, 0.15) is 24.0 Å². The number of pyridine rings is 1. The summed E-state index contributed by atoms with van der Waals surface area (Å²) in [6.07, 6.45) is 12.3. The molecule has 3 rings (SSSR count). The Morgan fingerprint density at radius 1 is 1.32 bits per heavy atom. The summed E-state index contributed by atoms with van der Waals surface area (Å²) in [7, 11) is 2.04. The third-order valence-electron chi connectivity index (χ3n) is 3.31. The fourth-order valence-electron chi connectivity index (χ4n) is 2.41. The lowest BCUT2D eigenvalue weighted by molar-refractivity contribution is 0.818. The van der Waals surface area contributed by atoms with Crippen molar-refractivity contribution in [2.45, 2.75) is 12.8 Å². The molecule has 3 heteroatoms. The molecule has 0 saturated heterocycles. The van der Waals surface area contributed by atoms with Crippen LogP contribution in [0.5, 0.6) is 0 Å². The van der Waals surface area contributed by atoms with Crippen molar-refractivity contribution in [2.75, 3.05) is 6.54 Å². The first-order chi connectivity index (χ1) is 9.33. The number of nitrogens with zero attached hydrogens (tertiary/aromatic N) is 3. The smallest absolute Gasteiger partial charge is 0.0694 e. The largest absolute Gasteiger partial charge is 0.357 e. The van der Waals surface area contributed by atoms with Crippen molar-refractivity contribution in [1.82, 2.24) is 9.55 Å². The second-order valence-corrected chi connectivity index (χ2v) is 4.86. The van der Waals surface area contributed by atoms with Gasteiger partial charge < -0.3 is 4.57 Å². The van der Waals surface area contributed by atoms with Gasteiger partial charge in [0.1, 0.15) is 0 Å². The first-order valence-corrected chi connectivity index (χ1v) is 6.61. The van der Waals surface area contributed by atoms with Gasteiger partial charge in [-0.3, -0.25) is 9.98 Å². The highest BCUT2D eigenvalue weighted by Crippen LogP contribution is 2.21. The van der Waals surface area contributed by atoms with Crippen LogP contribution < -0.4 is 0 Å². The van der Waals surface area contributed by atoms with E-state index in [9.17, 15) is 0 Å². The molecule has 2 aromatic rings. The predicted octanol–water partition coefficient (Wildman–Crippen LogP) is 3.09. The Morgan fingerprint density at radius 2 is 2.26 bits per heavy atom. The molecule has 0 aliphatic carbocycles. The third-order valence-corrected chi connectivity index (χ3v) is 3.31. The summed E-state index contributed by atoms with van der Waals surface area (Å²) in [5.74, 6) is 0. The zero-order valence-electron chi connectivity index (χ0n) is 11.1. The molecule has 3 heterocycles. The minimum atomic E-state index is 0.913. The summed E-state index contributed by atoms with van der Waals surface area (Å²) >= 11 is 0. The van der Waals surface area contributed by atoms with E-state index in [2.05, 4.69) is 45.1 Å². The molecule has 0 bridgehead atoms. The van der Waals surface area contributed by atoms with Crippen LogP contribution >= 0.6 is 0 Å². The quantitative estimate of drug-likeness (QED) is 0.806. The molecule has 96 valence electrons. The predicted molar refractivity (Wildman–Crippen MR) is 78.3 cm³/mol. The van der Waals surface area contributed by atoms with Crippen molar-refractivity contribution in [2.24, 2.45) is 12.0 Å². The standard InChI is InChI=1S/C16H17N3/c1-19-9-6-13(12-19)10-14-4-3-8-18-16(14)15-5-2-7-17-11-15/h2,5-7,9-12H,3-4,8H2,1H3/b14-10+. The van der Waals surface area contributed by atoms with E-state index in [0.717, 1.165) is 30.7 Å². The van der Waals surface area contributed by atoms with Crippen LogP contribution in [-0.2, 0) is 7.05 Å². The number of allylic oxidation sites excluding steroid dienone is 1. The van der Waals surface area contributed by atoms with Gasteiger partial charge in [0.05, 0.1) is 5.71 Å². The van der Waals surface area contributed by atoms with Crippen LogP contribution in [-0.4, -0.2) is 21.8 Å². The maximum absolute atomic E-state index is 4.69. The van der Waals surface area contributed by atoms with E-state index in [4.69, 9.17) is 0 Å². The lowest BCUT2D eigenvalue weighted by Gasteiger charge is -2.16. The highest BCUT2D eigenvalue weighted by atomic mass is 14.9. The van der Waals surface area contributed by atoms with E-state index >= 15 is 0 Å². The highest BCUT2D eigenvalue weighted by Gasteiger charge is 2.14. The van der Waals surface area contributed by atoms with Crippen molar-refractivity contribution in [3.8, 4) is 0 Å². The van der Waals surface area contributed by atoms with Gasteiger partial charge >= 0.3 is 0 Å². The number of aliphatic imine (C=N–C) groups is 1. The monoisotopic (exact) mass is 251 g/mol. The molecule has 1 aliphatic rings. The molecular weight excluding hydrogens is 234 g/mol. The van der Waals surface area contributed by atoms with Crippen LogP contribution in [0.4, 0.5) is 0 Å². The Kier molecular flexibility index (Phi) is 3.27. The second kappa shape index (κ2) is 5.22. The molecule has 0 fully saturated rings. The summed E-state index contributed by atoms with van der Waals surface area (Å²) in [5, 5.41) is 0. The SMILES string of the molecule is Cn1ccc(/C=C2\CCCN=C2c2cccnc2)c1. The number of hydrogen-bond acceptors (Lipinski definition) is 2. The minimum absolute atomic E-state index is 0.913. The lowest BCUT2D eigenvalue weighted by Crippen LogP contribution is -2.11. The summed E-state index contributed by atoms with van der Waals surface area (Å²) in [6, 6.07) is 6.17. The molecule has 0 spiro atoms. The van der Waals surface area contributed by atoms with Crippen molar-refractivity contribution in [3.63, 3.8) is 0 Å². The van der Waals surface area contributed by atoms with Gasteiger partial charge in [-0.2, -0.15) is 0 Å². The van der Waals surface area contributed by atoms with E-state index in [1.807, 2.05) is 19.3 Å². The van der Waals surface area contributed by atoms with Crippen molar-refractivity contribution < 1.29 is 0 Å². The lowest BCUT2D eigenvalue weighted by atomic mass is 9.95. The maximum Gasteiger partial charge on any atom is 0.0694 e. The fraction of sp³-hybridized carbons (Fsp3) is 0.250. The minimum Gasteiger partial charge on any atom is -0.357 e. The average Bonchev–Trinajstić information content (AvgIpc) is 2.86. The van der Waals surface area contributed by atoms with Crippen molar-refractivity contribution in [1.29, 1.82) is 0 Å². The van der Waals surface area contributed by atoms with Crippen LogP contribution in [0.15, 0.2) is 53.6 Å². The van der Waals surface area contributed by atoms with Gasteiger partial charge in [0.15, 0.2) is 0 Å². The van der Waals surface area contributed by atoms with Crippen molar-refractivity contribution >= 4 is 11.8 Å². The molecule has 3 nitrogen and oxygen atoms in total. The number of aromatic nitrogens is 2. The third kappa shape index (κ3) is 2.65. The van der Waals surface area contributed by atoms with E-state index < -0.39 is 0 Å². The normalized spacial score (nSPS) is 17.5. The first-order valence-electron chi connectivity index (χ1n) is 6.61. The Labute approximate surface area is 113 Å². The second-order valence-electron chi connectivity index (χ2n) is 4.86. The topological polar surface area (TPSA) is 30.2 Å². The fourth-order valence-corrected chi connectivity index (χ4v) is 2.41. The molecule has 0 amide bonds. The maximum atomic E-state index is 4.69. The molecule has 0 N–H and O–H groups in total. The molecule has 19 heavy (non-hydrogen) atoms. The van der Waals surface area contributed by atoms with Crippen LogP contribution in [0.2, 0.25) is 0 Å². The van der Waals surface area contributed by atoms with Crippen molar-refractivity contribution in [3.05, 3.63) is 59.7 Å². The van der Waals surface area contributed by atoms with Gasteiger partial charge in [-0.15, -0.1) is 0 Å². The van der Waals surface area contributed by atoms with Gasteiger partial charge in [-0.05, 0) is 48.3 Å². The van der Waals surface area contributed by atoms with E-state index in [1.165, 1.54) is 11.1 Å². The van der Waals surface area contributed by atoms with Crippen LogP contribution in [0.3, 0.4) is 0 Å². The summed E-state index contributed by atoms with van der Waals surface area (Å²) in [4.78, 5) is 8.88. The molecule has 1 aliphatic heterocycles. The summed E-state index contributed by atoms with van der Waals surface area (Å²) in [6.45, 7) is 0.913. The van der Waals surface area contributed by atoms with Gasteiger partial charge in [-0.1, -0.05) is 0 Å². The van der Waals surface area contributed by atoms with Crippen LogP contribution in [0, 0.1) is 0 Å². The Bertz CT molecular complexity index is 620. The van der Waals surface area contributed by atoms with Crippen LogP contribution in [0.25, 0.3) is 6.08 Å². The molecule has 0 atom stereocenters. The van der Waals surface area contributed by atoms with Gasteiger partial charge in [0, 0.05) is 43.9 Å². The summed E-state index contributed by atoms with van der Waals surface area (Å²) < 4.78 is 2.07. The van der Waals surface area contributed by atoms with Gasteiger partial charge in [0.25, 0.3) is 0 Å². The average molecular weight is 251 g/mol. The molecule has 0 unspecified atom stereocenters. The highest BCUT2D eigenvalue weighted by molar-refractivity contribution is 6.15. The van der Waals surface area contributed by atoms with E-state index in [0.29, 0.717) is 0 Å². The molecule has 0 radical (unpaired) electrons. The number of aryl methyl sites for hydroxylation is 1.